The Hall–Kier alpha value is -4.16. The standard InChI is InChI=1S/C42H52O6/c1-5-6-29-42(2,3)39(43)28-27-36-35(21-15-7-8-16-22-40(44)46-4)37(47-34-19-13-10-14-20-34)30-38(36)48-41(45)33-25-23-32(24-26-33)31-17-11-9-12-18-31/h7-14,17-20,23-28,35-39,43H,5-6,15-16,21-22,29-30H2,1-4H3/b8-7-,28-27+/t35-,36-,37-,38-,39?/m1/s1. The Morgan fingerprint density at radius 1 is 0.896 bits per heavy atom. The summed E-state index contributed by atoms with van der Waals surface area (Å²) in [5.41, 5.74) is 2.33. The van der Waals surface area contributed by atoms with Gasteiger partial charge in [-0.2, -0.15) is 0 Å². The molecule has 48 heavy (non-hydrogen) atoms. The number of benzene rings is 3. The first kappa shape index (κ1) is 36.7. The molecular formula is C42H52O6. The first-order valence-corrected chi connectivity index (χ1v) is 17.4. The molecule has 0 radical (unpaired) electrons. The summed E-state index contributed by atoms with van der Waals surface area (Å²) in [5, 5.41) is 11.3. The fraction of sp³-hybridized carbons (Fsp3) is 0.429. The van der Waals surface area contributed by atoms with Gasteiger partial charge in [-0.05, 0) is 66.5 Å². The second kappa shape index (κ2) is 18.4. The van der Waals surface area contributed by atoms with Crippen LogP contribution in [0.3, 0.4) is 0 Å². The first-order valence-electron chi connectivity index (χ1n) is 17.4. The lowest BCUT2D eigenvalue weighted by Gasteiger charge is -2.30. The molecule has 0 spiro atoms. The van der Waals surface area contributed by atoms with E-state index in [9.17, 15) is 14.7 Å². The maximum Gasteiger partial charge on any atom is 0.338 e. The molecule has 0 aliphatic heterocycles. The van der Waals surface area contributed by atoms with Gasteiger partial charge >= 0.3 is 11.9 Å². The molecule has 3 aromatic rings. The number of allylic oxidation sites excluding steroid dienone is 2. The minimum Gasteiger partial charge on any atom is -0.490 e. The molecule has 4 rings (SSSR count). The van der Waals surface area contributed by atoms with Crippen molar-refractivity contribution in [1.82, 2.24) is 0 Å². The zero-order valence-electron chi connectivity index (χ0n) is 28.9. The quantitative estimate of drug-likeness (QED) is 0.116. The molecular weight excluding hydrogens is 600 g/mol. The van der Waals surface area contributed by atoms with Crippen LogP contribution in [0, 0.1) is 17.3 Å². The van der Waals surface area contributed by atoms with Crippen molar-refractivity contribution in [3.05, 3.63) is 115 Å². The topological polar surface area (TPSA) is 82.1 Å². The molecule has 6 heteroatoms. The third-order valence-electron chi connectivity index (χ3n) is 9.45. The molecule has 1 unspecified atom stereocenters. The van der Waals surface area contributed by atoms with Crippen LogP contribution in [0.2, 0.25) is 0 Å². The zero-order chi connectivity index (χ0) is 34.4. The lowest BCUT2D eigenvalue weighted by Crippen LogP contribution is -2.29. The third kappa shape index (κ3) is 10.7. The number of rotatable bonds is 17. The first-order chi connectivity index (χ1) is 23.2. The summed E-state index contributed by atoms with van der Waals surface area (Å²) in [5.74, 6) is 0.0377. The Labute approximate surface area is 286 Å². The minimum absolute atomic E-state index is 0.0240. The average Bonchev–Trinajstić information content (AvgIpc) is 3.42. The maximum absolute atomic E-state index is 13.6. The largest absolute Gasteiger partial charge is 0.490 e. The number of esters is 2. The summed E-state index contributed by atoms with van der Waals surface area (Å²) in [6, 6.07) is 27.3. The van der Waals surface area contributed by atoms with Crippen molar-refractivity contribution in [3.8, 4) is 16.9 Å². The van der Waals surface area contributed by atoms with Gasteiger partial charge < -0.3 is 19.3 Å². The molecule has 1 aliphatic carbocycles. The Morgan fingerprint density at radius 3 is 2.21 bits per heavy atom. The number of hydrogen-bond acceptors (Lipinski definition) is 6. The summed E-state index contributed by atoms with van der Waals surface area (Å²) in [4.78, 5) is 25.1. The predicted octanol–water partition coefficient (Wildman–Crippen LogP) is 9.39. The van der Waals surface area contributed by atoms with Gasteiger partial charge in [0.2, 0.25) is 0 Å². The van der Waals surface area contributed by atoms with Crippen LogP contribution < -0.4 is 4.74 Å². The monoisotopic (exact) mass is 652 g/mol. The van der Waals surface area contributed by atoms with E-state index in [0.717, 1.165) is 49.0 Å². The highest BCUT2D eigenvalue weighted by Crippen LogP contribution is 2.42. The summed E-state index contributed by atoms with van der Waals surface area (Å²) in [6.07, 6.45) is 12.9. The van der Waals surface area contributed by atoms with E-state index in [1.54, 1.807) is 0 Å². The van der Waals surface area contributed by atoms with E-state index in [1.807, 2.05) is 97.1 Å². The van der Waals surface area contributed by atoms with Crippen LogP contribution in [-0.4, -0.2) is 42.5 Å². The number of ether oxygens (including phenoxy) is 3. The van der Waals surface area contributed by atoms with Gasteiger partial charge in [0.1, 0.15) is 18.0 Å². The zero-order valence-corrected chi connectivity index (χ0v) is 28.9. The molecule has 0 aromatic heterocycles. The summed E-state index contributed by atoms with van der Waals surface area (Å²) in [6.45, 7) is 6.36. The number of methoxy groups -OCH3 is 1. The number of aliphatic hydroxyl groups is 1. The second-order valence-corrected chi connectivity index (χ2v) is 13.4. The lowest BCUT2D eigenvalue weighted by molar-refractivity contribution is -0.140. The third-order valence-corrected chi connectivity index (χ3v) is 9.45. The molecule has 256 valence electrons. The Bertz CT molecular complexity index is 1460. The van der Waals surface area contributed by atoms with Crippen molar-refractivity contribution in [3.63, 3.8) is 0 Å². The normalized spacial score (nSPS) is 20.2. The molecule has 5 atom stereocenters. The van der Waals surface area contributed by atoms with E-state index in [-0.39, 0.29) is 35.3 Å². The van der Waals surface area contributed by atoms with E-state index in [1.165, 1.54) is 7.11 Å². The highest BCUT2D eigenvalue weighted by Gasteiger charge is 2.45. The smallest absolute Gasteiger partial charge is 0.338 e. The van der Waals surface area contributed by atoms with Crippen molar-refractivity contribution in [2.75, 3.05) is 7.11 Å². The molecule has 1 saturated carbocycles. The van der Waals surface area contributed by atoms with E-state index >= 15 is 0 Å². The van der Waals surface area contributed by atoms with Gasteiger partial charge in [-0.3, -0.25) is 4.79 Å². The number of carbonyl (C=O) groups excluding carboxylic acids is 2. The molecule has 0 saturated heterocycles. The van der Waals surface area contributed by atoms with E-state index in [2.05, 4.69) is 32.9 Å². The van der Waals surface area contributed by atoms with Crippen LogP contribution in [0.1, 0.15) is 82.5 Å². The van der Waals surface area contributed by atoms with Crippen LogP contribution in [0.4, 0.5) is 0 Å². The van der Waals surface area contributed by atoms with Crippen LogP contribution >= 0.6 is 0 Å². The number of hydrogen-bond donors (Lipinski definition) is 1. The molecule has 1 fully saturated rings. The highest BCUT2D eigenvalue weighted by atomic mass is 16.5. The summed E-state index contributed by atoms with van der Waals surface area (Å²) >= 11 is 0. The van der Waals surface area contributed by atoms with Crippen molar-refractivity contribution < 1.29 is 28.9 Å². The van der Waals surface area contributed by atoms with Crippen molar-refractivity contribution in [1.29, 1.82) is 0 Å². The molecule has 0 amide bonds. The van der Waals surface area contributed by atoms with Gasteiger partial charge in [-0.15, -0.1) is 0 Å². The molecule has 6 nitrogen and oxygen atoms in total. The number of carbonyl (C=O) groups is 2. The predicted molar refractivity (Wildman–Crippen MR) is 192 cm³/mol. The van der Waals surface area contributed by atoms with Crippen molar-refractivity contribution in [2.45, 2.75) is 90.4 Å². The van der Waals surface area contributed by atoms with E-state index in [4.69, 9.17) is 14.2 Å². The van der Waals surface area contributed by atoms with Gasteiger partial charge in [0.25, 0.3) is 0 Å². The molecule has 1 aliphatic rings. The van der Waals surface area contributed by atoms with E-state index in [0.29, 0.717) is 24.8 Å². The van der Waals surface area contributed by atoms with Crippen molar-refractivity contribution in [2.24, 2.45) is 17.3 Å². The molecule has 0 heterocycles. The number of aliphatic hydroxyl groups excluding tert-OH is 1. The lowest BCUT2D eigenvalue weighted by atomic mass is 9.80. The Balaban J connectivity index is 1.58. The summed E-state index contributed by atoms with van der Waals surface area (Å²) in [7, 11) is 1.40. The van der Waals surface area contributed by atoms with Crippen molar-refractivity contribution >= 4 is 11.9 Å². The van der Waals surface area contributed by atoms with Gasteiger partial charge in [-0.25, -0.2) is 4.79 Å². The molecule has 3 aromatic carbocycles. The number of unbranched alkanes of at least 4 members (excludes halogenated alkanes) is 1. The van der Waals surface area contributed by atoms with Gasteiger partial charge in [0.15, 0.2) is 0 Å². The summed E-state index contributed by atoms with van der Waals surface area (Å²) < 4.78 is 17.6. The maximum atomic E-state index is 13.6. The van der Waals surface area contributed by atoms with Gasteiger partial charge in [0, 0.05) is 24.7 Å². The number of para-hydroxylation sites is 1. The van der Waals surface area contributed by atoms with Crippen LogP contribution in [-0.2, 0) is 14.3 Å². The van der Waals surface area contributed by atoms with Gasteiger partial charge in [0.05, 0.1) is 18.8 Å². The fourth-order valence-electron chi connectivity index (χ4n) is 6.40. The molecule has 0 bridgehead atoms. The van der Waals surface area contributed by atoms with Crippen LogP contribution in [0.25, 0.3) is 11.1 Å². The van der Waals surface area contributed by atoms with Crippen LogP contribution in [0.15, 0.2) is 109 Å². The Kier molecular flexibility index (Phi) is 14.1. The van der Waals surface area contributed by atoms with Crippen LogP contribution in [0.5, 0.6) is 5.75 Å². The van der Waals surface area contributed by atoms with Gasteiger partial charge in [-0.1, -0.05) is 119 Å². The Morgan fingerprint density at radius 2 is 1.54 bits per heavy atom. The minimum atomic E-state index is -0.640. The average molecular weight is 653 g/mol. The highest BCUT2D eigenvalue weighted by molar-refractivity contribution is 5.90. The molecule has 1 N–H and O–H groups in total. The second-order valence-electron chi connectivity index (χ2n) is 13.4. The van der Waals surface area contributed by atoms with E-state index < -0.39 is 12.2 Å². The fourth-order valence-corrected chi connectivity index (χ4v) is 6.40. The SMILES string of the molecule is CCCCC(C)(C)C(O)/C=C/[C@@H]1[C@@H](CC/C=C\CCC(=O)OC)[C@H](Oc2ccccc2)C[C@H]1OC(=O)c1ccc(-c2ccccc2)cc1.